The molecule has 0 unspecified atom stereocenters. The summed E-state index contributed by atoms with van der Waals surface area (Å²) in [5.74, 6) is 0.855. The number of halogens is 1. The highest BCUT2D eigenvalue weighted by Crippen LogP contribution is 2.18. The van der Waals surface area contributed by atoms with Gasteiger partial charge in [-0.05, 0) is 31.0 Å². The van der Waals surface area contributed by atoms with Gasteiger partial charge in [-0.1, -0.05) is 24.1 Å². The van der Waals surface area contributed by atoms with Crippen LogP contribution in [0.25, 0.3) is 0 Å². The van der Waals surface area contributed by atoms with E-state index in [9.17, 15) is 0 Å². The van der Waals surface area contributed by atoms with E-state index in [0.29, 0.717) is 6.73 Å². The first kappa shape index (κ1) is 10.8. The molecule has 1 saturated heterocycles. The fourth-order valence-corrected chi connectivity index (χ4v) is 1.99. The van der Waals surface area contributed by atoms with Crippen LogP contribution in [0.5, 0.6) is 5.75 Å². The van der Waals surface area contributed by atoms with E-state index in [4.69, 9.17) is 16.3 Å². The summed E-state index contributed by atoms with van der Waals surface area (Å²) in [7, 11) is 0. The third-order valence-electron chi connectivity index (χ3n) is 2.66. The van der Waals surface area contributed by atoms with Crippen molar-refractivity contribution in [1.29, 1.82) is 0 Å². The highest BCUT2D eigenvalue weighted by molar-refractivity contribution is 6.30. The number of benzene rings is 1. The zero-order valence-electron chi connectivity index (χ0n) is 8.79. The fraction of sp³-hybridized carbons (Fsp3) is 0.500. The Bertz CT molecular complexity index is 310. The average Bonchev–Trinajstić information content (AvgIpc) is 2.28. The molecule has 0 amide bonds. The zero-order valence-corrected chi connectivity index (χ0v) is 9.54. The molecule has 1 aliphatic rings. The van der Waals surface area contributed by atoms with Crippen LogP contribution in [0.4, 0.5) is 0 Å². The highest BCUT2D eigenvalue weighted by atomic mass is 35.5. The molecule has 0 N–H and O–H groups in total. The van der Waals surface area contributed by atoms with Gasteiger partial charge in [0.15, 0.2) is 0 Å². The lowest BCUT2D eigenvalue weighted by Gasteiger charge is -2.26. The molecule has 0 saturated carbocycles. The van der Waals surface area contributed by atoms with E-state index in [-0.39, 0.29) is 0 Å². The maximum absolute atomic E-state index is 5.87. The molecule has 2 rings (SSSR count). The lowest BCUT2D eigenvalue weighted by atomic mass is 10.1. The SMILES string of the molecule is Clc1cccc(OCN2CCCCC2)c1. The lowest BCUT2D eigenvalue weighted by Crippen LogP contribution is -2.33. The Hall–Kier alpha value is -0.730. The largest absolute Gasteiger partial charge is 0.478 e. The minimum atomic E-state index is 0.681. The molecule has 1 fully saturated rings. The van der Waals surface area contributed by atoms with Gasteiger partial charge in [0.25, 0.3) is 0 Å². The van der Waals surface area contributed by atoms with E-state index < -0.39 is 0 Å². The van der Waals surface area contributed by atoms with Gasteiger partial charge >= 0.3 is 0 Å². The molecule has 0 radical (unpaired) electrons. The third-order valence-corrected chi connectivity index (χ3v) is 2.89. The van der Waals surface area contributed by atoms with Gasteiger partial charge in [0.05, 0.1) is 0 Å². The van der Waals surface area contributed by atoms with Crippen molar-refractivity contribution >= 4 is 11.6 Å². The summed E-state index contributed by atoms with van der Waals surface area (Å²) < 4.78 is 5.67. The van der Waals surface area contributed by atoms with Crippen molar-refractivity contribution in [2.45, 2.75) is 19.3 Å². The Morgan fingerprint density at radius 2 is 2.00 bits per heavy atom. The van der Waals surface area contributed by atoms with Crippen molar-refractivity contribution in [3.8, 4) is 5.75 Å². The molecule has 3 heteroatoms. The minimum Gasteiger partial charge on any atom is -0.478 e. The maximum atomic E-state index is 5.87. The van der Waals surface area contributed by atoms with Crippen LogP contribution in [-0.2, 0) is 0 Å². The second-order valence-corrected chi connectivity index (χ2v) is 4.35. The molecule has 0 bridgehead atoms. The van der Waals surface area contributed by atoms with Crippen molar-refractivity contribution in [3.63, 3.8) is 0 Å². The van der Waals surface area contributed by atoms with Crippen LogP contribution in [0.1, 0.15) is 19.3 Å². The van der Waals surface area contributed by atoms with Crippen LogP contribution >= 0.6 is 11.6 Å². The van der Waals surface area contributed by atoms with Crippen LogP contribution in [0.3, 0.4) is 0 Å². The van der Waals surface area contributed by atoms with Gasteiger partial charge in [-0.3, -0.25) is 4.90 Å². The summed E-state index contributed by atoms with van der Waals surface area (Å²) in [5, 5.41) is 0.728. The molecular weight excluding hydrogens is 210 g/mol. The van der Waals surface area contributed by atoms with Gasteiger partial charge in [0.1, 0.15) is 12.5 Å². The first-order valence-corrected chi connectivity index (χ1v) is 5.83. The predicted octanol–water partition coefficient (Wildman–Crippen LogP) is 3.16. The van der Waals surface area contributed by atoms with Crippen molar-refractivity contribution < 1.29 is 4.74 Å². The van der Waals surface area contributed by atoms with E-state index >= 15 is 0 Å². The molecule has 1 aromatic rings. The number of nitrogens with zero attached hydrogens (tertiary/aromatic N) is 1. The molecule has 1 aromatic carbocycles. The Kier molecular flexibility index (Phi) is 3.87. The van der Waals surface area contributed by atoms with Crippen LogP contribution in [0.15, 0.2) is 24.3 Å². The van der Waals surface area contributed by atoms with Crippen molar-refractivity contribution in [2.75, 3.05) is 19.8 Å². The van der Waals surface area contributed by atoms with Crippen molar-refractivity contribution in [3.05, 3.63) is 29.3 Å². The Balaban J connectivity index is 1.81. The normalized spacial score (nSPS) is 17.7. The number of likely N-dealkylation sites (tertiary alicyclic amines) is 1. The van der Waals surface area contributed by atoms with Gasteiger partial charge in [0, 0.05) is 18.1 Å². The second-order valence-electron chi connectivity index (χ2n) is 3.91. The Morgan fingerprint density at radius 3 is 2.73 bits per heavy atom. The van der Waals surface area contributed by atoms with Gasteiger partial charge < -0.3 is 4.74 Å². The monoisotopic (exact) mass is 225 g/mol. The van der Waals surface area contributed by atoms with E-state index in [1.807, 2.05) is 24.3 Å². The van der Waals surface area contributed by atoms with Crippen LogP contribution in [0.2, 0.25) is 5.02 Å². The minimum absolute atomic E-state index is 0.681. The number of ether oxygens (including phenoxy) is 1. The first-order chi connectivity index (χ1) is 7.34. The smallest absolute Gasteiger partial charge is 0.142 e. The summed E-state index contributed by atoms with van der Waals surface area (Å²) in [6.07, 6.45) is 3.94. The molecule has 0 aromatic heterocycles. The lowest BCUT2D eigenvalue weighted by molar-refractivity contribution is 0.106. The van der Waals surface area contributed by atoms with Gasteiger partial charge in [-0.15, -0.1) is 0 Å². The molecule has 0 spiro atoms. The van der Waals surface area contributed by atoms with Crippen molar-refractivity contribution in [2.24, 2.45) is 0 Å². The van der Waals surface area contributed by atoms with E-state index in [1.54, 1.807) is 0 Å². The molecular formula is C12H16ClNO. The quantitative estimate of drug-likeness (QED) is 0.784. The standard InChI is InChI=1S/C12H16ClNO/c13-11-5-4-6-12(9-11)15-10-14-7-2-1-3-8-14/h4-6,9H,1-3,7-8,10H2. The zero-order chi connectivity index (χ0) is 10.5. The maximum Gasteiger partial charge on any atom is 0.142 e. The van der Waals surface area contributed by atoms with Gasteiger partial charge in [-0.25, -0.2) is 0 Å². The average molecular weight is 226 g/mol. The number of rotatable bonds is 3. The fourth-order valence-electron chi connectivity index (χ4n) is 1.81. The van der Waals surface area contributed by atoms with Crippen LogP contribution in [0, 0.1) is 0 Å². The first-order valence-electron chi connectivity index (χ1n) is 5.45. The number of hydrogen-bond donors (Lipinski definition) is 0. The number of hydrogen-bond acceptors (Lipinski definition) is 2. The van der Waals surface area contributed by atoms with Gasteiger partial charge in [0.2, 0.25) is 0 Å². The number of piperidine rings is 1. The summed E-state index contributed by atoms with van der Waals surface area (Å²) in [4.78, 5) is 2.34. The molecule has 1 aliphatic heterocycles. The van der Waals surface area contributed by atoms with E-state index in [0.717, 1.165) is 23.9 Å². The Labute approximate surface area is 95.8 Å². The topological polar surface area (TPSA) is 12.5 Å². The molecule has 1 heterocycles. The molecule has 0 aliphatic carbocycles. The van der Waals surface area contributed by atoms with E-state index in [1.165, 1.54) is 19.3 Å². The van der Waals surface area contributed by atoms with Crippen LogP contribution in [-0.4, -0.2) is 24.7 Å². The Morgan fingerprint density at radius 1 is 1.20 bits per heavy atom. The summed E-state index contributed by atoms with van der Waals surface area (Å²) >= 11 is 5.87. The summed E-state index contributed by atoms with van der Waals surface area (Å²) in [6, 6.07) is 7.56. The highest BCUT2D eigenvalue weighted by Gasteiger charge is 2.09. The van der Waals surface area contributed by atoms with Crippen LogP contribution < -0.4 is 4.74 Å². The molecule has 0 atom stereocenters. The summed E-state index contributed by atoms with van der Waals surface area (Å²) in [6.45, 7) is 2.99. The summed E-state index contributed by atoms with van der Waals surface area (Å²) in [5.41, 5.74) is 0. The van der Waals surface area contributed by atoms with Gasteiger partial charge in [-0.2, -0.15) is 0 Å². The van der Waals surface area contributed by atoms with Crippen molar-refractivity contribution in [1.82, 2.24) is 4.90 Å². The third kappa shape index (κ3) is 3.40. The predicted molar refractivity (Wildman–Crippen MR) is 62.4 cm³/mol. The molecule has 2 nitrogen and oxygen atoms in total. The van der Waals surface area contributed by atoms with E-state index in [2.05, 4.69) is 4.90 Å². The molecule has 82 valence electrons. The second kappa shape index (κ2) is 5.38. The molecule has 15 heavy (non-hydrogen) atoms.